The van der Waals surface area contributed by atoms with Crippen LogP contribution in [-0.2, 0) is 0 Å². The topological polar surface area (TPSA) is 61.8 Å². The van der Waals surface area contributed by atoms with E-state index in [4.69, 9.17) is 14.6 Å². The van der Waals surface area contributed by atoms with Gasteiger partial charge in [-0.05, 0) is 24.3 Å². The molecule has 0 saturated carbocycles. The molecular formula is C14H15KO4. The normalized spacial score (nSPS) is 8.53. The van der Waals surface area contributed by atoms with Crippen molar-refractivity contribution in [1.29, 1.82) is 0 Å². The number of benzene rings is 2. The van der Waals surface area contributed by atoms with E-state index in [1.165, 1.54) is 12.1 Å². The molecule has 0 fully saturated rings. The van der Waals surface area contributed by atoms with E-state index >= 15 is 0 Å². The first kappa shape index (κ1) is 18.3. The molecule has 4 nitrogen and oxygen atoms in total. The molecule has 0 aliphatic heterocycles. The van der Waals surface area contributed by atoms with E-state index in [0.717, 1.165) is 5.75 Å². The van der Waals surface area contributed by atoms with Crippen LogP contribution in [-0.4, -0.2) is 19.3 Å². The van der Waals surface area contributed by atoms with Crippen LogP contribution in [0.15, 0.2) is 48.5 Å². The Balaban J connectivity index is 0.000000324. The first-order valence-corrected chi connectivity index (χ1v) is 5.30. The number of phenolic OH excluding ortho intramolecular Hbond substituents is 1. The molecule has 0 atom stereocenters. The summed E-state index contributed by atoms with van der Waals surface area (Å²) in [5.74, 6) is 1.63. The van der Waals surface area contributed by atoms with Crippen LogP contribution in [0.3, 0.4) is 0 Å². The van der Waals surface area contributed by atoms with Crippen molar-refractivity contribution in [3.63, 3.8) is 0 Å². The molecule has 2 aromatic carbocycles. The van der Waals surface area contributed by atoms with Gasteiger partial charge in [-0.2, -0.15) is 0 Å². The largest absolute Gasteiger partial charge is 1.00 e. The van der Waals surface area contributed by atoms with E-state index in [0.29, 0.717) is 5.75 Å². The van der Waals surface area contributed by atoms with Gasteiger partial charge in [-0.25, -0.2) is 0 Å². The van der Waals surface area contributed by atoms with Crippen molar-refractivity contribution < 1.29 is 71.1 Å². The molecular weight excluding hydrogens is 271 g/mol. The zero-order chi connectivity index (χ0) is 13.4. The summed E-state index contributed by atoms with van der Waals surface area (Å²) in [6.45, 7) is 0. The van der Waals surface area contributed by atoms with E-state index in [9.17, 15) is 5.11 Å². The standard InChI is InChI=1S/2C7H8O2.K/c1-9-7-4-2-6(8)3-5-7;1-9-7-4-2-3-6(8)5-7;/h2*2-5,8H,1H3;/q;;+1/p-1. The van der Waals surface area contributed by atoms with Crippen LogP contribution in [0.5, 0.6) is 23.0 Å². The first-order chi connectivity index (χ1) is 8.65. The van der Waals surface area contributed by atoms with Crippen LogP contribution < -0.4 is 66.0 Å². The maximum Gasteiger partial charge on any atom is 1.00 e. The van der Waals surface area contributed by atoms with Gasteiger partial charge in [0.1, 0.15) is 17.2 Å². The average Bonchev–Trinajstić information content (AvgIpc) is 2.40. The summed E-state index contributed by atoms with van der Waals surface area (Å²) in [6.07, 6.45) is 0. The number of phenols is 1. The van der Waals surface area contributed by atoms with E-state index in [-0.39, 0.29) is 62.9 Å². The third kappa shape index (κ3) is 7.44. The average molecular weight is 286 g/mol. The minimum Gasteiger partial charge on any atom is -0.872 e. The van der Waals surface area contributed by atoms with E-state index in [2.05, 4.69) is 0 Å². The number of ether oxygens (including phenoxy) is 2. The predicted molar refractivity (Wildman–Crippen MR) is 67.1 cm³/mol. The maximum absolute atomic E-state index is 10.5. The molecule has 0 bridgehead atoms. The predicted octanol–water partition coefficient (Wildman–Crippen LogP) is -0.826. The van der Waals surface area contributed by atoms with Crippen LogP contribution in [0.2, 0.25) is 0 Å². The summed E-state index contributed by atoms with van der Waals surface area (Å²) in [7, 11) is 3.13. The fourth-order valence-electron chi connectivity index (χ4n) is 1.19. The Morgan fingerprint density at radius 2 is 1.47 bits per heavy atom. The molecule has 0 spiro atoms. The number of methoxy groups -OCH3 is 2. The Morgan fingerprint density at radius 1 is 0.895 bits per heavy atom. The summed E-state index contributed by atoms with van der Waals surface area (Å²) in [5.41, 5.74) is 0. The van der Waals surface area contributed by atoms with Crippen LogP contribution in [0.1, 0.15) is 0 Å². The van der Waals surface area contributed by atoms with Crippen LogP contribution in [0.25, 0.3) is 0 Å². The van der Waals surface area contributed by atoms with Crippen molar-refractivity contribution in [2.24, 2.45) is 0 Å². The fraction of sp³-hybridized carbons (Fsp3) is 0.143. The van der Waals surface area contributed by atoms with Crippen molar-refractivity contribution in [3.05, 3.63) is 48.5 Å². The zero-order valence-electron chi connectivity index (χ0n) is 11.3. The van der Waals surface area contributed by atoms with Gasteiger partial charge in [0.25, 0.3) is 0 Å². The second-order valence-corrected chi connectivity index (χ2v) is 3.38. The van der Waals surface area contributed by atoms with Gasteiger partial charge in [-0.15, -0.1) is 5.75 Å². The number of hydrogen-bond donors (Lipinski definition) is 1. The second kappa shape index (κ2) is 10.1. The molecule has 0 aromatic heterocycles. The molecule has 0 heterocycles. The molecule has 5 heteroatoms. The number of rotatable bonds is 2. The van der Waals surface area contributed by atoms with Crippen molar-refractivity contribution in [2.75, 3.05) is 14.2 Å². The van der Waals surface area contributed by atoms with E-state index in [1.807, 2.05) is 0 Å². The van der Waals surface area contributed by atoms with Crippen LogP contribution >= 0.6 is 0 Å². The smallest absolute Gasteiger partial charge is 0.872 e. The quantitative estimate of drug-likeness (QED) is 0.732. The molecule has 0 amide bonds. The summed E-state index contributed by atoms with van der Waals surface area (Å²) in [5, 5.41) is 19.3. The molecule has 2 rings (SSSR count). The van der Waals surface area contributed by atoms with Gasteiger partial charge in [0.05, 0.1) is 14.2 Å². The number of hydrogen-bond acceptors (Lipinski definition) is 4. The fourth-order valence-corrected chi connectivity index (χ4v) is 1.19. The van der Waals surface area contributed by atoms with Gasteiger partial charge in [0.15, 0.2) is 0 Å². The van der Waals surface area contributed by atoms with Crippen molar-refractivity contribution >= 4 is 0 Å². The van der Waals surface area contributed by atoms with E-state index in [1.54, 1.807) is 50.6 Å². The van der Waals surface area contributed by atoms with E-state index < -0.39 is 0 Å². The molecule has 0 radical (unpaired) electrons. The molecule has 2 aromatic rings. The minimum absolute atomic E-state index is 0. The SMILES string of the molecule is COc1ccc([O-])cc1.COc1cccc(O)c1.[K+]. The van der Waals surface area contributed by atoms with Crippen molar-refractivity contribution in [1.82, 2.24) is 0 Å². The van der Waals surface area contributed by atoms with Gasteiger partial charge in [0, 0.05) is 6.07 Å². The zero-order valence-corrected chi connectivity index (χ0v) is 14.4. The second-order valence-electron chi connectivity index (χ2n) is 3.38. The molecule has 0 aliphatic carbocycles. The van der Waals surface area contributed by atoms with Gasteiger partial charge in [-0.3, -0.25) is 0 Å². The van der Waals surface area contributed by atoms with Crippen molar-refractivity contribution in [3.8, 4) is 23.0 Å². The first-order valence-electron chi connectivity index (χ1n) is 5.30. The Bertz CT molecular complexity index is 471. The van der Waals surface area contributed by atoms with Gasteiger partial charge in [-0.1, -0.05) is 18.2 Å². The number of aromatic hydroxyl groups is 1. The third-order valence-corrected chi connectivity index (χ3v) is 2.11. The Morgan fingerprint density at radius 3 is 1.89 bits per heavy atom. The summed E-state index contributed by atoms with van der Waals surface area (Å²) in [6, 6.07) is 12.9. The Labute approximate surface area is 155 Å². The van der Waals surface area contributed by atoms with Gasteiger partial charge >= 0.3 is 51.4 Å². The Hall–Kier alpha value is -0.724. The maximum atomic E-state index is 10.5. The summed E-state index contributed by atoms with van der Waals surface area (Å²) < 4.78 is 9.67. The molecule has 1 N–H and O–H groups in total. The van der Waals surface area contributed by atoms with Crippen LogP contribution in [0, 0.1) is 0 Å². The van der Waals surface area contributed by atoms with Crippen LogP contribution in [0.4, 0.5) is 0 Å². The summed E-state index contributed by atoms with van der Waals surface area (Å²) in [4.78, 5) is 0. The Kier molecular flexibility index (Phi) is 9.73. The molecule has 96 valence electrons. The monoisotopic (exact) mass is 286 g/mol. The third-order valence-electron chi connectivity index (χ3n) is 2.11. The van der Waals surface area contributed by atoms with Gasteiger partial charge in [0.2, 0.25) is 0 Å². The molecule has 19 heavy (non-hydrogen) atoms. The van der Waals surface area contributed by atoms with Gasteiger partial charge < -0.3 is 19.7 Å². The molecule has 0 aliphatic rings. The summed E-state index contributed by atoms with van der Waals surface area (Å²) >= 11 is 0. The minimum atomic E-state index is 0. The molecule has 0 saturated heterocycles. The van der Waals surface area contributed by atoms with Crippen molar-refractivity contribution in [2.45, 2.75) is 0 Å². The molecule has 0 unspecified atom stereocenters.